The molecule has 4 N–H and O–H groups in total. The Hall–Kier alpha value is -2.19. The van der Waals surface area contributed by atoms with Crippen LogP contribution >= 0.6 is 11.6 Å². The lowest BCUT2D eigenvalue weighted by Gasteiger charge is -2.38. The molecule has 2 aliphatic rings. The summed E-state index contributed by atoms with van der Waals surface area (Å²) in [6.07, 6.45) is 3.74. The van der Waals surface area contributed by atoms with Crippen molar-refractivity contribution in [2.24, 2.45) is 5.92 Å². The molecule has 2 aromatic rings. The van der Waals surface area contributed by atoms with Gasteiger partial charge in [0, 0.05) is 29.7 Å². The number of carbonyl (C=O) groups is 1. The highest BCUT2D eigenvalue weighted by Gasteiger charge is 2.33. The smallest absolute Gasteiger partial charge is 0.223 e. The van der Waals surface area contributed by atoms with Crippen LogP contribution in [0, 0.1) is 5.92 Å². The van der Waals surface area contributed by atoms with Crippen LogP contribution in [-0.4, -0.2) is 58.5 Å². The van der Waals surface area contributed by atoms with Crippen molar-refractivity contribution >= 4 is 23.3 Å². The van der Waals surface area contributed by atoms with Crippen LogP contribution in [0.2, 0.25) is 5.02 Å². The van der Waals surface area contributed by atoms with Crippen molar-refractivity contribution in [3.8, 4) is 0 Å². The van der Waals surface area contributed by atoms with Crippen molar-refractivity contribution < 1.29 is 15.0 Å². The first-order valence-electron chi connectivity index (χ1n) is 11.9. The summed E-state index contributed by atoms with van der Waals surface area (Å²) in [7, 11) is 0. The number of likely N-dealkylation sites (tertiary alicyclic amines) is 1. The molecule has 1 unspecified atom stereocenters. The number of aryl methyl sites for hydroxylation is 2. The molecule has 0 aliphatic carbocycles. The first-order valence-corrected chi connectivity index (χ1v) is 12.3. The summed E-state index contributed by atoms with van der Waals surface area (Å²) >= 11 is 6.29. The van der Waals surface area contributed by atoms with Crippen LogP contribution < -0.4 is 10.6 Å². The molecule has 2 aliphatic heterocycles. The van der Waals surface area contributed by atoms with E-state index in [-0.39, 0.29) is 11.8 Å². The molecule has 8 heteroatoms. The van der Waals surface area contributed by atoms with Gasteiger partial charge in [-0.2, -0.15) is 0 Å². The van der Waals surface area contributed by atoms with Crippen LogP contribution in [0.1, 0.15) is 48.5 Å². The Morgan fingerprint density at radius 2 is 2.00 bits per heavy atom. The molecule has 0 bridgehead atoms. The average molecular weight is 473 g/mol. The lowest BCUT2D eigenvalue weighted by atomic mass is 9.93. The van der Waals surface area contributed by atoms with Crippen LogP contribution in [0.5, 0.6) is 0 Å². The molecule has 0 saturated carbocycles. The molecule has 4 rings (SSSR count). The summed E-state index contributed by atoms with van der Waals surface area (Å²) in [6, 6.07) is 10.9. The quantitative estimate of drug-likeness (QED) is 0.348. The standard InChI is InChI=1S/C25H33ClN4O3/c26-21-8-2-1-7-20(21)22(25(32)33)30-15-11-18(12-16-30)24(31)28-14-4-6-19-10-9-17-5-3-13-27-23(17)29-19/h1-2,7-10,18,22,25,32-33H,3-6,11-16H2,(H,27,29)(H,28,31). The van der Waals surface area contributed by atoms with Crippen molar-refractivity contribution in [3.05, 3.63) is 58.2 Å². The summed E-state index contributed by atoms with van der Waals surface area (Å²) < 4.78 is 0. The summed E-state index contributed by atoms with van der Waals surface area (Å²) in [6.45, 7) is 2.83. The van der Waals surface area contributed by atoms with Crippen LogP contribution in [-0.2, 0) is 17.6 Å². The molecule has 33 heavy (non-hydrogen) atoms. The third kappa shape index (κ3) is 6.03. The Labute approximate surface area is 200 Å². The number of amides is 1. The number of aliphatic hydroxyl groups excluding tert-OH is 1. The van der Waals surface area contributed by atoms with Crippen molar-refractivity contribution in [1.29, 1.82) is 0 Å². The van der Waals surface area contributed by atoms with E-state index in [1.807, 2.05) is 23.1 Å². The third-order valence-corrected chi connectivity index (χ3v) is 7.00. The van der Waals surface area contributed by atoms with Gasteiger partial charge in [-0.1, -0.05) is 35.9 Å². The summed E-state index contributed by atoms with van der Waals surface area (Å²) in [5.41, 5.74) is 3.04. The van der Waals surface area contributed by atoms with Gasteiger partial charge in [-0.3, -0.25) is 9.69 Å². The second-order valence-electron chi connectivity index (χ2n) is 8.93. The van der Waals surface area contributed by atoms with E-state index in [1.165, 1.54) is 5.56 Å². The Bertz CT molecular complexity index is 947. The monoisotopic (exact) mass is 472 g/mol. The minimum absolute atomic E-state index is 0.0601. The number of hydrogen-bond acceptors (Lipinski definition) is 6. The fraction of sp³-hybridized carbons (Fsp3) is 0.520. The number of carbonyl (C=O) groups excluding carboxylic acids is 1. The number of aliphatic hydroxyl groups is 2. The number of nitrogens with one attached hydrogen (secondary N) is 2. The van der Waals surface area contributed by atoms with Gasteiger partial charge in [0.25, 0.3) is 0 Å². The second-order valence-corrected chi connectivity index (χ2v) is 9.33. The van der Waals surface area contributed by atoms with Gasteiger partial charge in [-0.15, -0.1) is 0 Å². The number of nitrogens with zero attached hydrogens (tertiary/aromatic N) is 2. The number of piperidine rings is 1. The first kappa shape index (κ1) is 24.0. The first-order chi connectivity index (χ1) is 16.0. The summed E-state index contributed by atoms with van der Waals surface area (Å²) in [4.78, 5) is 19.4. The summed E-state index contributed by atoms with van der Waals surface area (Å²) in [5.74, 6) is 1.03. The average Bonchev–Trinajstić information content (AvgIpc) is 2.83. The summed E-state index contributed by atoms with van der Waals surface area (Å²) in [5, 5.41) is 26.9. The zero-order valence-electron chi connectivity index (χ0n) is 18.8. The van der Waals surface area contributed by atoms with Gasteiger partial charge < -0.3 is 20.8 Å². The number of aromatic nitrogens is 1. The fourth-order valence-electron chi connectivity index (χ4n) is 4.83. The molecule has 1 aromatic carbocycles. The predicted molar refractivity (Wildman–Crippen MR) is 129 cm³/mol. The Morgan fingerprint density at radius 3 is 2.76 bits per heavy atom. The van der Waals surface area contributed by atoms with Gasteiger partial charge in [-0.25, -0.2) is 4.98 Å². The lowest BCUT2D eigenvalue weighted by Crippen LogP contribution is -2.45. The van der Waals surface area contributed by atoms with E-state index in [2.05, 4.69) is 22.8 Å². The molecule has 1 atom stereocenters. The largest absolute Gasteiger partial charge is 0.370 e. The van der Waals surface area contributed by atoms with Crippen LogP contribution in [0.3, 0.4) is 0 Å². The van der Waals surface area contributed by atoms with E-state index >= 15 is 0 Å². The molecule has 1 saturated heterocycles. The zero-order valence-corrected chi connectivity index (χ0v) is 19.6. The number of benzene rings is 1. The van der Waals surface area contributed by atoms with E-state index in [4.69, 9.17) is 16.6 Å². The van der Waals surface area contributed by atoms with Crippen molar-refractivity contribution in [2.45, 2.75) is 50.9 Å². The highest BCUT2D eigenvalue weighted by molar-refractivity contribution is 6.31. The maximum absolute atomic E-state index is 12.7. The lowest BCUT2D eigenvalue weighted by molar-refractivity contribution is -0.129. The molecule has 0 radical (unpaired) electrons. The minimum Gasteiger partial charge on any atom is -0.370 e. The molecular formula is C25H33ClN4O3. The molecular weight excluding hydrogens is 440 g/mol. The maximum atomic E-state index is 12.7. The molecule has 7 nitrogen and oxygen atoms in total. The topological polar surface area (TPSA) is 97.7 Å². The molecule has 1 fully saturated rings. The number of hydrogen-bond donors (Lipinski definition) is 4. The van der Waals surface area contributed by atoms with Crippen LogP contribution in [0.4, 0.5) is 5.82 Å². The molecule has 0 spiro atoms. The van der Waals surface area contributed by atoms with Gasteiger partial charge in [0.1, 0.15) is 5.82 Å². The molecule has 178 valence electrons. The van der Waals surface area contributed by atoms with Crippen LogP contribution in [0.15, 0.2) is 36.4 Å². The van der Waals surface area contributed by atoms with Gasteiger partial charge >= 0.3 is 0 Å². The SMILES string of the molecule is O=C(NCCCc1ccc2c(n1)NCCC2)C1CCN(C(c2ccccc2Cl)C(O)O)CC1. The normalized spacial score (nSPS) is 17.9. The molecule has 3 heterocycles. The number of fused-ring (bicyclic) bond motifs is 1. The van der Waals surface area contributed by atoms with Gasteiger partial charge in [-0.05, 0) is 74.9 Å². The van der Waals surface area contributed by atoms with Gasteiger partial charge in [0.2, 0.25) is 5.91 Å². The maximum Gasteiger partial charge on any atom is 0.223 e. The Morgan fingerprint density at radius 1 is 1.21 bits per heavy atom. The van der Waals surface area contributed by atoms with E-state index in [1.54, 1.807) is 6.07 Å². The van der Waals surface area contributed by atoms with E-state index < -0.39 is 12.3 Å². The number of rotatable bonds is 8. The highest BCUT2D eigenvalue weighted by Crippen LogP contribution is 2.32. The number of anilines is 1. The predicted octanol–water partition coefficient (Wildman–Crippen LogP) is 2.91. The Balaban J connectivity index is 1.22. The van der Waals surface area contributed by atoms with Crippen molar-refractivity contribution in [3.63, 3.8) is 0 Å². The molecule has 1 amide bonds. The van der Waals surface area contributed by atoms with Crippen molar-refractivity contribution in [2.75, 3.05) is 31.5 Å². The van der Waals surface area contributed by atoms with Crippen molar-refractivity contribution in [1.82, 2.24) is 15.2 Å². The van der Waals surface area contributed by atoms with E-state index in [9.17, 15) is 15.0 Å². The van der Waals surface area contributed by atoms with E-state index in [0.29, 0.717) is 43.1 Å². The minimum atomic E-state index is -1.54. The number of pyridine rings is 1. The third-order valence-electron chi connectivity index (χ3n) is 6.66. The number of halogens is 1. The van der Waals surface area contributed by atoms with Gasteiger partial charge in [0.05, 0.1) is 6.04 Å². The highest BCUT2D eigenvalue weighted by atomic mass is 35.5. The fourth-order valence-corrected chi connectivity index (χ4v) is 5.08. The molecule has 1 aromatic heterocycles. The zero-order chi connectivity index (χ0) is 23.2. The van der Waals surface area contributed by atoms with E-state index in [0.717, 1.165) is 43.7 Å². The Kier molecular flexibility index (Phi) is 8.20. The second kappa shape index (κ2) is 11.3. The van der Waals surface area contributed by atoms with Gasteiger partial charge in [0.15, 0.2) is 6.29 Å². The van der Waals surface area contributed by atoms with Crippen LogP contribution in [0.25, 0.3) is 0 Å².